The molecule has 4 rings (SSSR count). The van der Waals surface area contributed by atoms with Crippen molar-refractivity contribution in [2.45, 2.75) is 0 Å². The molecule has 0 N–H and O–H groups in total. The Morgan fingerprint density at radius 2 is 1.37 bits per heavy atom. The molecule has 0 fully saturated rings. The molecular weight excluding hydrogens is 392 g/mol. The van der Waals surface area contributed by atoms with Crippen molar-refractivity contribution in [3.8, 4) is 28.7 Å². The Balaban J connectivity index is 1.71. The fourth-order valence-corrected chi connectivity index (χ4v) is 3.21. The summed E-state index contributed by atoms with van der Waals surface area (Å²) in [6, 6.07) is 7.87. The number of fused-ring (bicyclic) bond motifs is 1. The molecule has 0 aliphatic carbocycles. The van der Waals surface area contributed by atoms with Crippen LogP contribution < -0.4 is 23.7 Å². The molecule has 2 heterocycles. The lowest BCUT2D eigenvalue weighted by Gasteiger charge is -2.13. The molecule has 3 aromatic rings. The van der Waals surface area contributed by atoms with Crippen LogP contribution in [0, 0.1) is 0 Å². The molecule has 154 valence electrons. The Morgan fingerprint density at radius 1 is 0.767 bits per heavy atom. The topological polar surface area (TPSA) is 93.4 Å². The van der Waals surface area contributed by atoms with Crippen molar-refractivity contribution < 1.29 is 37.7 Å². The Labute approximate surface area is 171 Å². The second-order valence-corrected chi connectivity index (χ2v) is 6.34. The van der Waals surface area contributed by atoms with Gasteiger partial charge in [-0.1, -0.05) is 0 Å². The molecule has 0 saturated carbocycles. The quantitative estimate of drug-likeness (QED) is 0.547. The summed E-state index contributed by atoms with van der Waals surface area (Å²) in [5, 5.41) is 0. The lowest BCUT2D eigenvalue weighted by atomic mass is 9.96. The maximum atomic E-state index is 13.2. The van der Waals surface area contributed by atoms with Gasteiger partial charge in [-0.2, -0.15) is 0 Å². The van der Waals surface area contributed by atoms with E-state index in [1.807, 2.05) is 0 Å². The van der Waals surface area contributed by atoms with Crippen LogP contribution >= 0.6 is 0 Å². The highest BCUT2D eigenvalue weighted by Crippen LogP contribution is 2.39. The first-order chi connectivity index (χ1) is 14.6. The first-order valence-corrected chi connectivity index (χ1v) is 8.92. The third-order valence-electron chi connectivity index (χ3n) is 4.71. The van der Waals surface area contributed by atoms with Crippen molar-refractivity contribution in [1.29, 1.82) is 0 Å². The van der Waals surface area contributed by atoms with Gasteiger partial charge < -0.3 is 28.1 Å². The Bertz CT molecular complexity index is 1100. The maximum Gasteiger partial charge on any atom is 0.231 e. The van der Waals surface area contributed by atoms with Crippen LogP contribution in [0.5, 0.6) is 28.7 Å². The number of methoxy groups -OCH3 is 3. The van der Waals surface area contributed by atoms with Crippen molar-refractivity contribution in [2.24, 2.45) is 0 Å². The van der Waals surface area contributed by atoms with E-state index in [0.717, 1.165) is 0 Å². The molecule has 8 nitrogen and oxygen atoms in total. The number of hydrogen-bond acceptors (Lipinski definition) is 8. The average molecular weight is 410 g/mol. The van der Waals surface area contributed by atoms with Crippen LogP contribution in [0.15, 0.2) is 47.3 Å². The van der Waals surface area contributed by atoms with Gasteiger partial charge in [0.25, 0.3) is 0 Å². The van der Waals surface area contributed by atoms with Gasteiger partial charge >= 0.3 is 0 Å². The van der Waals surface area contributed by atoms with Gasteiger partial charge in [-0.3, -0.25) is 9.59 Å². The highest BCUT2D eigenvalue weighted by atomic mass is 16.7. The largest absolute Gasteiger partial charge is 0.493 e. The van der Waals surface area contributed by atoms with E-state index < -0.39 is 5.78 Å². The number of carbonyl (C=O) groups is 2. The first kappa shape index (κ1) is 19.4. The summed E-state index contributed by atoms with van der Waals surface area (Å²) in [6.07, 6.45) is 2.49. The summed E-state index contributed by atoms with van der Waals surface area (Å²) >= 11 is 0. The zero-order valence-electron chi connectivity index (χ0n) is 16.5. The van der Waals surface area contributed by atoms with Crippen molar-refractivity contribution >= 4 is 11.6 Å². The molecule has 0 amide bonds. The van der Waals surface area contributed by atoms with Crippen molar-refractivity contribution in [1.82, 2.24) is 0 Å². The van der Waals surface area contributed by atoms with E-state index in [1.54, 1.807) is 18.2 Å². The van der Waals surface area contributed by atoms with Gasteiger partial charge in [0.1, 0.15) is 12.5 Å². The number of furan rings is 1. The number of carbonyl (C=O) groups excluding carboxylic acids is 2. The lowest BCUT2D eigenvalue weighted by Crippen LogP contribution is -2.09. The lowest BCUT2D eigenvalue weighted by molar-refractivity contribution is 0.100. The molecule has 1 aliphatic heterocycles. The van der Waals surface area contributed by atoms with Crippen LogP contribution in [0.4, 0.5) is 0 Å². The zero-order chi connectivity index (χ0) is 21.3. The molecule has 8 heteroatoms. The molecule has 0 saturated heterocycles. The van der Waals surface area contributed by atoms with E-state index >= 15 is 0 Å². The Hall–Kier alpha value is -3.94. The minimum absolute atomic E-state index is 0.101. The second kappa shape index (κ2) is 7.82. The molecule has 0 atom stereocenters. The van der Waals surface area contributed by atoms with Crippen molar-refractivity contribution in [3.05, 3.63) is 65.1 Å². The van der Waals surface area contributed by atoms with Crippen LogP contribution in [-0.4, -0.2) is 39.7 Å². The highest BCUT2D eigenvalue weighted by molar-refractivity contribution is 6.19. The number of ketones is 2. The van der Waals surface area contributed by atoms with E-state index in [1.165, 1.54) is 46.0 Å². The predicted octanol–water partition coefficient (Wildman–Crippen LogP) is 3.50. The second-order valence-electron chi connectivity index (χ2n) is 6.34. The van der Waals surface area contributed by atoms with Gasteiger partial charge in [-0.25, -0.2) is 0 Å². The highest BCUT2D eigenvalue weighted by Gasteiger charge is 2.26. The smallest absolute Gasteiger partial charge is 0.231 e. The molecule has 0 radical (unpaired) electrons. The summed E-state index contributed by atoms with van der Waals surface area (Å²) in [5.41, 5.74) is 0.852. The summed E-state index contributed by atoms with van der Waals surface area (Å²) in [4.78, 5) is 26.2. The molecule has 0 bridgehead atoms. The monoisotopic (exact) mass is 410 g/mol. The molecule has 0 spiro atoms. The van der Waals surface area contributed by atoms with Gasteiger partial charge in [0.15, 0.2) is 34.6 Å². The van der Waals surface area contributed by atoms with Gasteiger partial charge in [-0.15, -0.1) is 0 Å². The predicted molar refractivity (Wildman–Crippen MR) is 104 cm³/mol. The van der Waals surface area contributed by atoms with Crippen LogP contribution in [0.2, 0.25) is 0 Å². The third-order valence-corrected chi connectivity index (χ3v) is 4.71. The molecule has 2 aromatic carbocycles. The normalized spacial score (nSPS) is 11.8. The minimum Gasteiger partial charge on any atom is -0.493 e. The molecular formula is C22H18O8. The summed E-state index contributed by atoms with van der Waals surface area (Å²) in [7, 11) is 4.38. The standard InChI is InChI=1S/C22H18O8/c1-25-18-7-13(8-19(26-2)22(18)27-3)21(24)15-10-28-9-14(15)20(23)12-4-5-16-17(6-12)30-11-29-16/h4-10H,11H2,1-3H3. The summed E-state index contributed by atoms with van der Waals surface area (Å²) < 4.78 is 31.7. The van der Waals surface area contributed by atoms with E-state index in [4.69, 9.17) is 28.1 Å². The third kappa shape index (κ3) is 3.22. The van der Waals surface area contributed by atoms with Gasteiger partial charge in [0, 0.05) is 11.1 Å². The van der Waals surface area contributed by atoms with Gasteiger partial charge in [0.05, 0.1) is 32.5 Å². The summed E-state index contributed by atoms with van der Waals surface area (Å²) in [6.45, 7) is 0.101. The fourth-order valence-electron chi connectivity index (χ4n) is 3.21. The molecule has 1 aliphatic rings. The van der Waals surface area contributed by atoms with E-state index in [0.29, 0.717) is 34.3 Å². The number of hydrogen-bond donors (Lipinski definition) is 0. The van der Waals surface area contributed by atoms with Crippen molar-refractivity contribution in [3.63, 3.8) is 0 Å². The SMILES string of the molecule is COc1cc(C(=O)c2cocc2C(=O)c2ccc3c(c2)OCO3)cc(OC)c1OC. The zero-order valence-corrected chi connectivity index (χ0v) is 16.5. The Morgan fingerprint density at radius 3 is 1.97 bits per heavy atom. The summed E-state index contributed by atoms with van der Waals surface area (Å²) in [5.74, 6) is 1.25. The van der Waals surface area contributed by atoms with Crippen LogP contribution in [0.3, 0.4) is 0 Å². The first-order valence-electron chi connectivity index (χ1n) is 8.92. The van der Waals surface area contributed by atoms with E-state index in [9.17, 15) is 9.59 Å². The number of rotatable bonds is 7. The van der Waals surface area contributed by atoms with Gasteiger partial charge in [0.2, 0.25) is 12.5 Å². The van der Waals surface area contributed by atoms with Crippen LogP contribution in [-0.2, 0) is 0 Å². The number of ether oxygens (including phenoxy) is 5. The number of benzene rings is 2. The van der Waals surface area contributed by atoms with Crippen molar-refractivity contribution in [2.75, 3.05) is 28.1 Å². The van der Waals surface area contributed by atoms with E-state index in [2.05, 4.69) is 0 Å². The maximum absolute atomic E-state index is 13.2. The molecule has 0 unspecified atom stereocenters. The fraction of sp³-hybridized carbons (Fsp3) is 0.182. The molecule has 30 heavy (non-hydrogen) atoms. The van der Waals surface area contributed by atoms with Crippen LogP contribution in [0.1, 0.15) is 31.8 Å². The average Bonchev–Trinajstić information content (AvgIpc) is 3.45. The molecule has 1 aromatic heterocycles. The van der Waals surface area contributed by atoms with Crippen LogP contribution in [0.25, 0.3) is 0 Å². The minimum atomic E-state index is -0.424. The van der Waals surface area contributed by atoms with E-state index in [-0.39, 0.29) is 29.3 Å². The van der Waals surface area contributed by atoms with Gasteiger partial charge in [-0.05, 0) is 30.3 Å². The Kier molecular flexibility index (Phi) is 5.05.